The zero-order valence-electron chi connectivity index (χ0n) is 45.9. The van der Waals surface area contributed by atoms with Crippen LogP contribution in [-0.2, 0) is 43.0 Å². The number of fused-ring (bicyclic) bond motifs is 7. The van der Waals surface area contributed by atoms with Crippen molar-refractivity contribution in [2.45, 2.75) is 185 Å². The minimum atomic E-state index is -2.10. The van der Waals surface area contributed by atoms with Crippen molar-refractivity contribution < 1.29 is 62.0 Å². The summed E-state index contributed by atoms with van der Waals surface area (Å²) in [6.45, 7) is 8.93. The quantitative estimate of drug-likeness (QED) is 0.0351. The second kappa shape index (κ2) is 26.0. The number of allylic oxidation sites excluding steroid dienone is 6. The third kappa shape index (κ3) is 12.9. The van der Waals surface area contributed by atoms with Gasteiger partial charge in [0.05, 0.1) is 24.4 Å². The molecule has 0 radical (unpaired) electrons. The Bertz CT molecular complexity index is 2520. The molecule has 4 fully saturated rings. The van der Waals surface area contributed by atoms with Gasteiger partial charge in [0.25, 0.3) is 5.91 Å². The average molecular weight is 1090 g/mol. The van der Waals surface area contributed by atoms with Crippen molar-refractivity contribution in [3.05, 3.63) is 71.5 Å². The van der Waals surface area contributed by atoms with E-state index < -0.39 is 101 Å². The number of ketones is 2. The number of amides is 6. The number of anilines is 1. The van der Waals surface area contributed by atoms with E-state index in [0.717, 1.165) is 38.5 Å². The maximum Gasteiger partial charge on any atom is 0.312 e. The van der Waals surface area contributed by atoms with Gasteiger partial charge in [0.2, 0.25) is 23.5 Å². The van der Waals surface area contributed by atoms with Crippen LogP contribution in [0.4, 0.5) is 14.9 Å². The van der Waals surface area contributed by atoms with Crippen LogP contribution in [0, 0.1) is 22.7 Å². The van der Waals surface area contributed by atoms with Gasteiger partial charge in [-0.05, 0) is 152 Å². The highest BCUT2D eigenvalue weighted by Gasteiger charge is 2.79. The summed E-state index contributed by atoms with van der Waals surface area (Å²) in [5.41, 5.74) is 6.97. The molecule has 1 saturated heterocycles. The lowest BCUT2D eigenvalue weighted by Crippen LogP contribution is -2.69. The number of alkyl halides is 1. The highest BCUT2D eigenvalue weighted by molar-refractivity contribution is 6.03. The number of benzene rings is 1. The molecular formula is C58H82FN7O12. The molecule has 428 valence electrons. The maximum atomic E-state index is 18.0. The average Bonchev–Trinajstić information content (AvgIpc) is 3.96. The Hall–Kier alpha value is -5.80. The standard InChI is InChI=1S/C58H82FN7O12/c1-6-15-49-77-47-31-42-41-25-20-36-30-38(67)26-27-55(36,4)57(41,59)45(68)32-56(42,5)58(47,78-49)46(69)33-75-40-23-21-37(22-24-40)64-52(72)44(19-14-29-63-54(61)74)65-53(73)50(35(2)3)66-51(71)43(60)18-12-13-28-62-48(70)34-76-39-16-10-8-7-9-11-17-39/h10,16,21-24,26-27,30,39,41-45,47,49,68H,6-9,11-15,17-20,25,28-29,31-34,60H2,1-5H3,(H,62,70)(H,64,72)(H,65,73)(H,66,71)(H3,61,63,74)/t39?,41-,42-,43+,44-,45-,47+,49?,55-,56-,57-,58+/m0/s1. The van der Waals surface area contributed by atoms with Gasteiger partial charge in [-0.3, -0.25) is 28.8 Å². The second-order valence-electron chi connectivity index (χ2n) is 22.6. The summed E-state index contributed by atoms with van der Waals surface area (Å²) in [7, 11) is 0. The first-order valence-corrected chi connectivity index (χ1v) is 28.0. The van der Waals surface area contributed by atoms with Gasteiger partial charge in [-0.25, -0.2) is 9.18 Å². The number of rotatable bonds is 24. The number of unbranched alkanes of at least 4 members (excludes halogenated alkanes) is 1. The molecule has 6 amide bonds. The second-order valence-corrected chi connectivity index (χ2v) is 22.6. The molecule has 1 aromatic carbocycles. The third-order valence-corrected chi connectivity index (χ3v) is 17.2. The summed E-state index contributed by atoms with van der Waals surface area (Å²) < 4.78 is 43.0. The lowest BCUT2D eigenvalue weighted by Gasteiger charge is -2.62. The van der Waals surface area contributed by atoms with Gasteiger partial charge in [-0.2, -0.15) is 0 Å². The Labute approximate surface area is 457 Å². The number of carbonyl (C=O) groups is 7. The number of aliphatic hydroxyl groups excluding tert-OH is 1. The minimum absolute atomic E-state index is 0.0359. The number of Topliss-reactive ketones (excluding diaryl/α,β-unsaturated/α-hetero) is 1. The van der Waals surface area contributed by atoms with Gasteiger partial charge in [-0.15, -0.1) is 0 Å². The van der Waals surface area contributed by atoms with E-state index >= 15 is 4.39 Å². The predicted molar refractivity (Wildman–Crippen MR) is 289 cm³/mol. The Kier molecular flexibility index (Phi) is 19.9. The summed E-state index contributed by atoms with van der Waals surface area (Å²) >= 11 is 0. The molecule has 0 bridgehead atoms. The van der Waals surface area contributed by atoms with Crippen LogP contribution in [0.25, 0.3) is 0 Å². The van der Waals surface area contributed by atoms with Crippen LogP contribution >= 0.6 is 0 Å². The summed E-state index contributed by atoms with van der Waals surface area (Å²) in [5.74, 6) is -3.52. The topological polar surface area (TPSA) is 289 Å². The summed E-state index contributed by atoms with van der Waals surface area (Å²) in [5, 5.41) is 25.5. The van der Waals surface area contributed by atoms with E-state index in [1.165, 1.54) is 12.2 Å². The summed E-state index contributed by atoms with van der Waals surface area (Å²) in [4.78, 5) is 91.9. The van der Waals surface area contributed by atoms with Crippen molar-refractivity contribution in [3.63, 3.8) is 0 Å². The van der Waals surface area contributed by atoms with Crippen molar-refractivity contribution in [2.24, 2.45) is 34.1 Å². The molecule has 20 heteroatoms. The van der Waals surface area contributed by atoms with Crippen LogP contribution in [-0.4, -0.2) is 121 Å². The zero-order chi connectivity index (χ0) is 56.4. The van der Waals surface area contributed by atoms with E-state index in [9.17, 15) is 38.7 Å². The number of ether oxygens (including phenoxy) is 4. The minimum Gasteiger partial charge on any atom is -0.486 e. The molecule has 12 atom stereocenters. The molecule has 3 saturated carbocycles. The van der Waals surface area contributed by atoms with Gasteiger partial charge in [0.15, 0.2) is 23.3 Å². The normalized spacial score (nSPS) is 30.6. The van der Waals surface area contributed by atoms with Crippen molar-refractivity contribution >= 4 is 46.9 Å². The number of carbonyl (C=O) groups excluding carboxylic acids is 7. The van der Waals surface area contributed by atoms with Gasteiger partial charge >= 0.3 is 6.03 Å². The Balaban J connectivity index is 0.937. The number of primary amides is 1. The van der Waals surface area contributed by atoms with E-state index in [0.29, 0.717) is 61.9 Å². The van der Waals surface area contributed by atoms with E-state index in [4.69, 9.17) is 30.4 Å². The first kappa shape index (κ1) is 59.9. The fourth-order valence-corrected chi connectivity index (χ4v) is 13.0. The van der Waals surface area contributed by atoms with E-state index in [-0.39, 0.29) is 68.1 Å². The monoisotopic (exact) mass is 1090 g/mol. The number of urea groups is 1. The lowest BCUT2D eigenvalue weighted by molar-refractivity contribution is -0.230. The number of hydrogen-bond donors (Lipinski definition) is 8. The van der Waals surface area contributed by atoms with Gasteiger partial charge in [0.1, 0.15) is 30.7 Å². The van der Waals surface area contributed by atoms with Crippen LogP contribution in [0.3, 0.4) is 0 Å². The smallest absolute Gasteiger partial charge is 0.312 e. The van der Waals surface area contributed by atoms with Gasteiger partial charge in [-0.1, -0.05) is 56.9 Å². The Morgan fingerprint density at radius 3 is 2.42 bits per heavy atom. The Morgan fingerprint density at radius 2 is 1.69 bits per heavy atom. The molecule has 10 N–H and O–H groups in total. The van der Waals surface area contributed by atoms with Crippen LogP contribution in [0.1, 0.15) is 137 Å². The Morgan fingerprint density at radius 1 is 0.936 bits per heavy atom. The molecule has 1 aliphatic heterocycles. The summed E-state index contributed by atoms with van der Waals surface area (Å²) in [6, 6.07) is 3.38. The number of nitrogens with two attached hydrogens (primary N) is 2. The fourth-order valence-electron chi connectivity index (χ4n) is 13.0. The van der Waals surface area contributed by atoms with E-state index in [1.54, 1.807) is 51.1 Å². The van der Waals surface area contributed by atoms with Crippen molar-refractivity contribution in [3.8, 4) is 5.75 Å². The van der Waals surface area contributed by atoms with Crippen LogP contribution in [0.2, 0.25) is 0 Å². The van der Waals surface area contributed by atoms with Gasteiger partial charge in [0, 0.05) is 35.5 Å². The first-order valence-electron chi connectivity index (χ1n) is 28.0. The van der Waals surface area contributed by atoms with E-state index in [2.05, 4.69) is 32.7 Å². The predicted octanol–water partition coefficient (Wildman–Crippen LogP) is 5.70. The SMILES string of the molecule is CCCC1O[C@@H]2C[C@H]3[C@@H]4CCC5=CC(=O)C=C[C@]5(C)[C@@]4(F)[C@@H](O)C[C@]3(C)[C@]2(C(=O)COc2ccc(NC(=O)[C@H](CCCNC(N)=O)NC(=O)C(NC(=O)[C@H](N)CCCCNC(=O)COC3C=CCCCCC3)=C(C)C)cc2)O1. The number of halogens is 1. The molecule has 0 spiro atoms. The molecule has 6 aliphatic rings. The summed E-state index contributed by atoms with van der Waals surface area (Å²) in [6.07, 6.45) is 15.0. The number of hydrogen-bond acceptors (Lipinski definition) is 13. The van der Waals surface area contributed by atoms with Crippen molar-refractivity contribution in [2.75, 3.05) is 31.6 Å². The largest absolute Gasteiger partial charge is 0.486 e. The molecule has 0 aromatic heterocycles. The van der Waals surface area contributed by atoms with Gasteiger partial charge < -0.3 is 62.1 Å². The zero-order valence-corrected chi connectivity index (χ0v) is 45.9. The van der Waals surface area contributed by atoms with Crippen LogP contribution in [0.5, 0.6) is 5.75 Å². The number of aliphatic hydroxyl groups is 1. The lowest BCUT2D eigenvalue weighted by atomic mass is 9.44. The highest BCUT2D eigenvalue weighted by Crippen LogP contribution is 2.72. The fraction of sp³-hybridized carbons (Fsp3) is 0.638. The molecule has 19 nitrogen and oxygen atoms in total. The van der Waals surface area contributed by atoms with Crippen molar-refractivity contribution in [1.82, 2.24) is 21.3 Å². The molecule has 7 rings (SSSR count). The molecular weight excluding hydrogens is 1010 g/mol. The first-order chi connectivity index (χ1) is 37.2. The van der Waals surface area contributed by atoms with Crippen LogP contribution < -0.4 is 42.8 Å². The van der Waals surface area contributed by atoms with Crippen LogP contribution in [0.15, 0.2) is 71.5 Å². The third-order valence-electron chi connectivity index (χ3n) is 17.2. The molecule has 78 heavy (non-hydrogen) atoms. The van der Waals surface area contributed by atoms with Crippen molar-refractivity contribution in [1.29, 1.82) is 0 Å². The molecule has 1 heterocycles. The molecule has 1 aromatic rings. The molecule has 2 unspecified atom stereocenters. The highest BCUT2D eigenvalue weighted by atomic mass is 19.1. The maximum absolute atomic E-state index is 18.0. The molecule has 5 aliphatic carbocycles. The number of nitrogens with one attached hydrogen (secondary N) is 5. The van der Waals surface area contributed by atoms with E-state index in [1.807, 2.05) is 19.9 Å².